The van der Waals surface area contributed by atoms with E-state index in [4.69, 9.17) is 4.74 Å². The second-order valence-corrected chi connectivity index (χ2v) is 7.47. The predicted octanol–water partition coefficient (Wildman–Crippen LogP) is 4.27. The van der Waals surface area contributed by atoms with Crippen LogP contribution in [0.25, 0.3) is 0 Å². The van der Waals surface area contributed by atoms with E-state index in [2.05, 4.69) is 32.9 Å². The zero-order valence-electron chi connectivity index (χ0n) is 13.0. The highest BCUT2D eigenvalue weighted by Crippen LogP contribution is 2.57. The maximum atomic E-state index is 10.7. The Morgan fingerprint density at radius 3 is 2.70 bits per heavy atom. The van der Waals surface area contributed by atoms with Gasteiger partial charge in [-0.3, -0.25) is 4.79 Å². The molecular weight excluding hydrogens is 248 g/mol. The van der Waals surface area contributed by atoms with E-state index in [1.54, 1.807) is 0 Å². The number of aryl methyl sites for hydroxylation is 1. The van der Waals surface area contributed by atoms with Crippen molar-refractivity contribution >= 4 is 6.47 Å². The van der Waals surface area contributed by atoms with Crippen LogP contribution in [0.3, 0.4) is 0 Å². The number of carbonyl (C=O) groups is 1. The molecule has 2 aliphatic rings. The van der Waals surface area contributed by atoms with Gasteiger partial charge in [-0.2, -0.15) is 0 Å². The Labute approximate surface area is 121 Å². The first-order valence-corrected chi connectivity index (χ1v) is 7.64. The molecule has 0 N–H and O–H groups in total. The van der Waals surface area contributed by atoms with E-state index in [1.165, 1.54) is 36.8 Å². The van der Waals surface area contributed by atoms with Gasteiger partial charge in [0.2, 0.25) is 0 Å². The van der Waals surface area contributed by atoms with E-state index in [0.717, 1.165) is 11.5 Å². The normalized spacial score (nSPS) is 30.5. The first-order valence-electron chi connectivity index (χ1n) is 7.64. The van der Waals surface area contributed by atoms with Gasteiger partial charge in [0.25, 0.3) is 6.47 Å². The minimum Gasteiger partial charge on any atom is -0.428 e. The summed E-state index contributed by atoms with van der Waals surface area (Å²) >= 11 is 0. The van der Waals surface area contributed by atoms with Crippen LogP contribution in [0.15, 0.2) is 12.1 Å². The van der Waals surface area contributed by atoms with Gasteiger partial charge in [-0.25, -0.2) is 0 Å². The molecular formula is C18H24O2. The third-order valence-corrected chi connectivity index (χ3v) is 5.74. The van der Waals surface area contributed by atoms with Crippen molar-refractivity contribution in [2.45, 2.75) is 64.2 Å². The summed E-state index contributed by atoms with van der Waals surface area (Å²) in [6.07, 6.45) is 5.21. The van der Waals surface area contributed by atoms with E-state index < -0.39 is 0 Å². The summed E-state index contributed by atoms with van der Waals surface area (Å²) in [5.41, 5.74) is 4.42. The quantitative estimate of drug-likeness (QED) is 0.752. The van der Waals surface area contributed by atoms with Crippen LogP contribution in [-0.2, 0) is 15.6 Å². The van der Waals surface area contributed by atoms with Gasteiger partial charge in [0.1, 0.15) is 5.75 Å². The van der Waals surface area contributed by atoms with Crippen LogP contribution >= 0.6 is 0 Å². The number of benzene rings is 1. The highest BCUT2D eigenvalue weighted by Gasteiger charge is 2.49. The van der Waals surface area contributed by atoms with E-state index in [0.29, 0.717) is 17.6 Å². The lowest BCUT2D eigenvalue weighted by atomic mass is 9.58. The van der Waals surface area contributed by atoms with E-state index >= 15 is 0 Å². The van der Waals surface area contributed by atoms with Gasteiger partial charge in [-0.05, 0) is 65.7 Å². The molecule has 2 heteroatoms. The highest BCUT2D eigenvalue weighted by atomic mass is 16.5. The average molecular weight is 272 g/mol. The monoisotopic (exact) mass is 272 g/mol. The summed E-state index contributed by atoms with van der Waals surface area (Å²) < 4.78 is 5.16. The van der Waals surface area contributed by atoms with Crippen molar-refractivity contribution in [1.29, 1.82) is 0 Å². The van der Waals surface area contributed by atoms with E-state index in [9.17, 15) is 4.79 Å². The van der Waals surface area contributed by atoms with Crippen molar-refractivity contribution in [1.82, 2.24) is 0 Å². The third kappa shape index (κ3) is 1.81. The van der Waals surface area contributed by atoms with Gasteiger partial charge in [0.15, 0.2) is 0 Å². The zero-order chi connectivity index (χ0) is 14.5. The number of rotatable bonds is 2. The standard InChI is InChI=1S/C18H24O2/c1-12-8-15-14(9-16(12)20-11-19)17(2,3)10-13-6-5-7-18(13,15)4/h8-9,11,13H,5-7,10H2,1-4H3. The van der Waals surface area contributed by atoms with Crippen LogP contribution in [0, 0.1) is 12.8 Å². The van der Waals surface area contributed by atoms with Crippen LogP contribution in [0.2, 0.25) is 0 Å². The van der Waals surface area contributed by atoms with Crippen LogP contribution in [0.1, 0.15) is 63.1 Å². The lowest BCUT2D eigenvalue weighted by Crippen LogP contribution is -2.40. The summed E-state index contributed by atoms with van der Waals surface area (Å²) in [5.74, 6) is 1.51. The fourth-order valence-corrected chi connectivity index (χ4v) is 4.55. The zero-order valence-corrected chi connectivity index (χ0v) is 13.0. The Balaban J connectivity index is 2.21. The Morgan fingerprint density at radius 1 is 1.25 bits per heavy atom. The molecule has 3 rings (SSSR count). The Hall–Kier alpha value is -1.31. The first-order chi connectivity index (χ1) is 9.38. The maximum absolute atomic E-state index is 10.7. The van der Waals surface area contributed by atoms with Crippen LogP contribution < -0.4 is 4.74 Å². The molecule has 2 unspecified atom stereocenters. The fourth-order valence-electron chi connectivity index (χ4n) is 4.55. The van der Waals surface area contributed by atoms with Gasteiger partial charge in [0.05, 0.1) is 0 Å². The van der Waals surface area contributed by atoms with Gasteiger partial charge < -0.3 is 4.74 Å². The molecule has 0 radical (unpaired) electrons. The van der Waals surface area contributed by atoms with Crippen molar-refractivity contribution in [2.24, 2.45) is 5.92 Å². The predicted molar refractivity (Wildman–Crippen MR) is 80.2 cm³/mol. The Bertz CT molecular complexity index is 559. The molecule has 2 atom stereocenters. The molecule has 2 nitrogen and oxygen atoms in total. The molecule has 1 aromatic rings. The van der Waals surface area contributed by atoms with Crippen molar-refractivity contribution in [3.63, 3.8) is 0 Å². The molecule has 1 aromatic carbocycles. The van der Waals surface area contributed by atoms with Crippen LogP contribution in [-0.4, -0.2) is 6.47 Å². The van der Waals surface area contributed by atoms with E-state index in [1.807, 2.05) is 6.92 Å². The minimum atomic E-state index is 0.165. The maximum Gasteiger partial charge on any atom is 0.298 e. The molecule has 2 aliphatic carbocycles. The summed E-state index contributed by atoms with van der Waals surface area (Å²) in [7, 11) is 0. The second-order valence-electron chi connectivity index (χ2n) is 7.47. The Kier molecular flexibility index (Phi) is 2.97. The SMILES string of the molecule is Cc1cc2c(cc1OC=O)C(C)(C)CC1CCCC21C. The largest absolute Gasteiger partial charge is 0.428 e. The number of hydrogen-bond acceptors (Lipinski definition) is 2. The molecule has 0 aliphatic heterocycles. The lowest BCUT2D eigenvalue weighted by molar-refractivity contribution is -0.120. The van der Waals surface area contributed by atoms with Crippen molar-refractivity contribution in [3.05, 3.63) is 28.8 Å². The third-order valence-electron chi connectivity index (χ3n) is 5.74. The molecule has 0 aromatic heterocycles. The number of carbonyl (C=O) groups excluding carboxylic acids is 1. The smallest absolute Gasteiger partial charge is 0.298 e. The molecule has 0 bridgehead atoms. The van der Waals surface area contributed by atoms with Gasteiger partial charge in [-0.15, -0.1) is 0 Å². The summed E-state index contributed by atoms with van der Waals surface area (Å²) in [6.45, 7) is 9.64. The average Bonchev–Trinajstić information content (AvgIpc) is 2.73. The molecule has 20 heavy (non-hydrogen) atoms. The molecule has 0 spiro atoms. The summed E-state index contributed by atoms with van der Waals surface area (Å²) in [4.78, 5) is 10.7. The van der Waals surface area contributed by atoms with Gasteiger partial charge >= 0.3 is 0 Å². The molecule has 108 valence electrons. The Morgan fingerprint density at radius 2 is 2.00 bits per heavy atom. The number of fused-ring (bicyclic) bond motifs is 3. The molecule has 0 saturated heterocycles. The molecule has 0 heterocycles. The van der Waals surface area contributed by atoms with Crippen molar-refractivity contribution < 1.29 is 9.53 Å². The first kappa shape index (κ1) is 13.7. The number of hydrogen-bond donors (Lipinski definition) is 0. The lowest BCUT2D eigenvalue weighted by Gasteiger charge is -2.46. The highest BCUT2D eigenvalue weighted by molar-refractivity contribution is 5.54. The van der Waals surface area contributed by atoms with E-state index in [-0.39, 0.29) is 5.41 Å². The second kappa shape index (κ2) is 4.34. The molecule has 1 saturated carbocycles. The topological polar surface area (TPSA) is 26.3 Å². The fraction of sp³-hybridized carbons (Fsp3) is 0.611. The number of ether oxygens (including phenoxy) is 1. The van der Waals surface area contributed by atoms with Crippen LogP contribution in [0.5, 0.6) is 5.75 Å². The van der Waals surface area contributed by atoms with Crippen molar-refractivity contribution in [2.75, 3.05) is 0 Å². The minimum absolute atomic E-state index is 0.165. The van der Waals surface area contributed by atoms with Crippen molar-refractivity contribution in [3.8, 4) is 5.75 Å². The van der Waals surface area contributed by atoms with Crippen LogP contribution in [0.4, 0.5) is 0 Å². The summed E-state index contributed by atoms with van der Waals surface area (Å²) in [6, 6.07) is 4.38. The summed E-state index contributed by atoms with van der Waals surface area (Å²) in [5, 5.41) is 0. The molecule has 0 amide bonds. The van der Waals surface area contributed by atoms with Gasteiger partial charge in [0, 0.05) is 0 Å². The molecule has 1 fully saturated rings. The van der Waals surface area contributed by atoms with Gasteiger partial charge in [-0.1, -0.05) is 33.3 Å².